The minimum absolute atomic E-state index is 0.0490. The molecule has 148 valence electrons. The van der Waals surface area contributed by atoms with Gasteiger partial charge in [0, 0.05) is 12.2 Å². The van der Waals surface area contributed by atoms with E-state index in [0.717, 1.165) is 12.8 Å². The number of benzene rings is 1. The van der Waals surface area contributed by atoms with Crippen molar-refractivity contribution in [3.63, 3.8) is 0 Å². The van der Waals surface area contributed by atoms with Gasteiger partial charge in [0.15, 0.2) is 6.10 Å². The quantitative estimate of drug-likeness (QED) is 0.670. The predicted molar refractivity (Wildman–Crippen MR) is 97.5 cm³/mol. The molecular weight excluding hydrogens is 372 g/mol. The molecule has 1 aliphatic rings. The van der Waals surface area contributed by atoms with Crippen LogP contribution in [0.1, 0.15) is 30.1 Å². The Balaban J connectivity index is 1.57. The third-order valence-electron chi connectivity index (χ3n) is 3.94. The van der Waals surface area contributed by atoms with Gasteiger partial charge >= 0.3 is 12.6 Å². The molecule has 1 aromatic carbocycles. The number of pyridine rings is 1. The summed E-state index contributed by atoms with van der Waals surface area (Å²) in [6.07, 6.45) is 2.41. The normalized spacial score (nSPS) is 14.3. The van der Waals surface area contributed by atoms with Crippen LogP contribution < -0.4 is 15.4 Å². The smallest absolute Gasteiger partial charge is 0.387 e. The molecule has 0 aliphatic heterocycles. The molecule has 7 nitrogen and oxygen atoms in total. The Labute approximate surface area is 160 Å². The lowest BCUT2D eigenvalue weighted by Crippen LogP contribution is -2.30. The van der Waals surface area contributed by atoms with Crippen LogP contribution >= 0.6 is 0 Å². The molecule has 3 rings (SSSR count). The van der Waals surface area contributed by atoms with Crippen molar-refractivity contribution in [3.8, 4) is 5.75 Å². The van der Waals surface area contributed by atoms with Crippen LogP contribution in [0.5, 0.6) is 5.75 Å². The molecule has 1 saturated carbocycles. The minimum atomic E-state index is -3.03. The lowest BCUT2D eigenvalue weighted by molar-refractivity contribution is -0.123. The van der Waals surface area contributed by atoms with Crippen LogP contribution in [0, 0.1) is 0 Å². The molecule has 0 radical (unpaired) electrons. The summed E-state index contributed by atoms with van der Waals surface area (Å²) < 4.78 is 34.4. The Morgan fingerprint density at radius 3 is 2.57 bits per heavy atom. The first-order valence-electron chi connectivity index (χ1n) is 8.70. The Morgan fingerprint density at radius 2 is 1.93 bits per heavy atom. The number of amides is 1. The summed E-state index contributed by atoms with van der Waals surface area (Å²) in [7, 11) is 0. The van der Waals surface area contributed by atoms with Gasteiger partial charge < -0.3 is 20.1 Å². The van der Waals surface area contributed by atoms with Crippen molar-refractivity contribution in [1.29, 1.82) is 0 Å². The summed E-state index contributed by atoms with van der Waals surface area (Å²) in [6, 6.07) is 9.39. The van der Waals surface area contributed by atoms with Crippen molar-refractivity contribution >= 4 is 23.4 Å². The number of carbonyl (C=O) groups is 2. The number of nitrogens with zero attached hydrogens (tertiary/aromatic N) is 1. The first kappa shape index (κ1) is 19.5. The fourth-order valence-electron chi connectivity index (χ4n) is 2.32. The summed E-state index contributed by atoms with van der Waals surface area (Å²) in [6.45, 7) is -1.65. The fraction of sp³-hybridized carbons (Fsp3) is 0.316. The van der Waals surface area contributed by atoms with E-state index in [9.17, 15) is 18.4 Å². The van der Waals surface area contributed by atoms with Gasteiger partial charge in [0.1, 0.15) is 11.6 Å². The molecule has 1 amide bonds. The summed E-state index contributed by atoms with van der Waals surface area (Å²) in [5, 5.41) is 5.60. The average Bonchev–Trinajstić information content (AvgIpc) is 3.47. The number of hydrogen-bond acceptors (Lipinski definition) is 6. The van der Waals surface area contributed by atoms with Gasteiger partial charge in [-0.25, -0.2) is 9.78 Å². The van der Waals surface area contributed by atoms with Gasteiger partial charge in [0.25, 0.3) is 5.91 Å². The van der Waals surface area contributed by atoms with Crippen LogP contribution in [-0.4, -0.2) is 35.6 Å². The molecule has 2 aromatic rings. The van der Waals surface area contributed by atoms with Gasteiger partial charge in [0.2, 0.25) is 0 Å². The van der Waals surface area contributed by atoms with Crippen LogP contribution in [0.25, 0.3) is 0 Å². The molecule has 1 fully saturated rings. The standard InChI is InChI=1S/C19H19F2N3O4/c1-11(17(25)24-14-4-2-3-5-15(14)28-19(20)21)27-18(26)12-6-9-16(22-10-12)23-13-7-8-13/h2-6,9-11,13,19H,7-8H2,1H3,(H,22,23)(H,24,25). The van der Waals surface area contributed by atoms with Crippen molar-refractivity contribution in [1.82, 2.24) is 4.98 Å². The summed E-state index contributed by atoms with van der Waals surface area (Å²) in [4.78, 5) is 28.6. The monoisotopic (exact) mass is 391 g/mol. The SMILES string of the molecule is CC(OC(=O)c1ccc(NC2CC2)nc1)C(=O)Nc1ccccc1OC(F)F. The topological polar surface area (TPSA) is 89.5 Å². The maximum absolute atomic E-state index is 12.4. The zero-order chi connectivity index (χ0) is 20.1. The number of ether oxygens (including phenoxy) is 2. The molecular formula is C19H19F2N3O4. The summed E-state index contributed by atoms with van der Waals surface area (Å²) in [5.41, 5.74) is 0.246. The van der Waals surface area contributed by atoms with Crippen molar-refractivity contribution in [2.75, 3.05) is 10.6 Å². The Bertz CT molecular complexity index is 841. The molecule has 28 heavy (non-hydrogen) atoms. The van der Waals surface area contributed by atoms with E-state index in [1.54, 1.807) is 18.2 Å². The van der Waals surface area contributed by atoms with Gasteiger partial charge in [-0.2, -0.15) is 8.78 Å². The third kappa shape index (κ3) is 5.38. The number of hydrogen-bond donors (Lipinski definition) is 2. The fourth-order valence-corrected chi connectivity index (χ4v) is 2.32. The molecule has 2 N–H and O–H groups in total. The van der Waals surface area contributed by atoms with Gasteiger partial charge in [-0.05, 0) is 44.0 Å². The van der Waals surface area contributed by atoms with Crippen LogP contribution in [0.4, 0.5) is 20.3 Å². The van der Waals surface area contributed by atoms with Gasteiger partial charge in [-0.1, -0.05) is 12.1 Å². The van der Waals surface area contributed by atoms with E-state index >= 15 is 0 Å². The maximum Gasteiger partial charge on any atom is 0.387 e. The first-order chi connectivity index (χ1) is 13.4. The summed E-state index contributed by atoms with van der Waals surface area (Å²) in [5.74, 6) is -0.920. The van der Waals surface area contributed by atoms with Crippen molar-refractivity contribution in [3.05, 3.63) is 48.2 Å². The predicted octanol–water partition coefficient (Wildman–Crippen LogP) is 3.44. The number of esters is 1. The molecule has 1 atom stereocenters. The van der Waals surface area contributed by atoms with Crippen LogP contribution in [-0.2, 0) is 9.53 Å². The van der Waals surface area contributed by atoms with Crippen molar-refractivity contribution in [2.24, 2.45) is 0 Å². The van der Waals surface area contributed by atoms with Crippen LogP contribution in [0.2, 0.25) is 0 Å². The van der Waals surface area contributed by atoms with E-state index < -0.39 is 24.6 Å². The number of nitrogens with one attached hydrogen (secondary N) is 2. The van der Waals surface area contributed by atoms with E-state index in [1.165, 1.54) is 31.3 Å². The van der Waals surface area contributed by atoms with Crippen molar-refractivity contribution < 1.29 is 27.8 Å². The highest BCUT2D eigenvalue weighted by molar-refractivity contribution is 5.98. The second-order valence-corrected chi connectivity index (χ2v) is 6.26. The molecule has 0 spiro atoms. The first-order valence-corrected chi connectivity index (χ1v) is 8.70. The minimum Gasteiger partial charge on any atom is -0.449 e. The van der Waals surface area contributed by atoms with E-state index in [1.807, 2.05) is 0 Å². The number of para-hydroxylation sites is 2. The Morgan fingerprint density at radius 1 is 1.18 bits per heavy atom. The molecule has 1 heterocycles. The molecule has 1 aliphatic carbocycles. The third-order valence-corrected chi connectivity index (χ3v) is 3.94. The highest BCUT2D eigenvalue weighted by atomic mass is 19.3. The zero-order valence-electron chi connectivity index (χ0n) is 15.0. The number of alkyl halides is 2. The molecule has 0 bridgehead atoms. The summed E-state index contributed by atoms with van der Waals surface area (Å²) >= 11 is 0. The zero-order valence-corrected chi connectivity index (χ0v) is 15.0. The lowest BCUT2D eigenvalue weighted by Gasteiger charge is -2.15. The highest BCUT2D eigenvalue weighted by Crippen LogP contribution is 2.26. The number of carbonyl (C=O) groups excluding carboxylic acids is 2. The van der Waals surface area contributed by atoms with Gasteiger partial charge in [0.05, 0.1) is 11.3 Å². The van der Waals surface area contributed by atoms with E-state index in [4.69, 9.17) is 4.74 Å². The molecule has 9 heteroatoms. The Hall–Kier alpha value is -3.23. The van der Waals surface area contributed by atoms with Crippen LogP contribution in [0.15, 0.2) is 42.6 Å². The number of halogens is 2. The highest BCUT2D eigenvalue weighted by Gasteiger charge is 2.23. The number of anilines is 2. The number of aromatic nitrogens is 1. The molecule has 1 aromatic heterocycles. The van der Waals surface area contributed by atoms with Crippen LogP contribution in [0.3, 0.4) is 0 Å². The second kappa shape index (κ2) is 8.64. The van der Waals surface area contributed by atoms with E-state index in [-0.39, 0.29) is 17.0 Å². The molecule has 1 unspecified atom stereocenters. The Kier molecular flexibility index (Phi) is 6.03. The van der Waals surface area contributed by atoms with Gasteiger partial charge in [-0.15, -0.1) is 0 Å². The van der Waals surface area contributed by atoms with Gasteiger partial charge in [-0.3, -0.25) is 4.79 Å². The van der Waals surface area contributed by atoms with Crippen molar-refractivity contribution in [2.45, 2.75) is 38.5 Å². The largest absolute Gasteiger partial charge is 0.449 e. The van der Waals surface area contributed by atoms with E-state index in [2.05, 4.69) is 20.4 Å². The maximum atomic E-state index is 12.4. The second-order valence-electron chi connectivity index (χ2n) is 6.26. The number of rotatable bonds is 8. The average molecular weight is 391 g/mol. The van der Waals surface area contributed by atoms with E-state index in [0.29, 0.717) is 11.9 Å². The molecule has 0 saturated heterocycles. The lowest BCUT2D eigenvalue weighted by atomic mass is 10.2.